The summed E-state index contributed by atoms with van der Waals surface area (Å²) in [6.07, 6.45) is 3.57. The lowest BCUT2D eigenvalue weighted by atomic mass is 10.2. The Bertz CT molecular complexity index is 362. The Morgan fingerprint density at radius 1 is 1.44 bits per heavy atom. The summed E-state index contributed by atoms with van der Waals surface area (Å²) < 4.78 is 27.5. The second-order valence-electron chi connectivity index (χ2n) is 4.41. The van der Waals surface area contributed by atoms with Crippen LogP contribution in [0, 0.1) is 0 Å². The number of hydrogen-bond donors (Lipinski definition) is 2. The van der Waals surface area contributed by atoms with Crippen LogP contribution < -0.4 is 10.6 Å². The predicted octanol–water partition coefficient (Wildman–Crippen LogP) is -0.235. The Morgan fingerprint density at radius 2 is 2.22 bits per heavy atom. The van der Waals surface area contributed by atoms with Crippen molar-refractivity contribution in [1.82, 2.24) is 10.6 Å². The molecule has 1 aliphatic rings. The Balaban J connectivity index is 2.35. The summed E-state index contributed by atoms with van der Waals surface area (Å²) in [5.41, 5.74) is 0. The Labute approximate surface area is 109 Å². The molecule has 0 aromatic heterocycles. The third kappa shape index (κ3) is 6.80. The molecule has 0 aromatic rings. The van der Waals surface area contributed by atoms with Crippen molar-refractivity contribution in [2.45, 2.75) is 25.9 Å². The van der Waals surface area contributed by atoms with Gasteiger partial charge in [-0.25, -0.2) is 8.42 Å². The van der Waals surface area contributed by atoms with Crippen molar-refractivity contribution in [3.05, 3.63) is 0 Å². The Kier molecular flexibility index (Phi) is 6.42. The maximum Gasteiger partial charge on any atom is 0.191 e. The van der Waals surface area contributed by atoms with E-state index in [9.17, 15) is 8.42 Å². The van der Waals surface area contributed by atoms with Gasteiger partial charge in [-0.15, -0.1) is 0 Å². The van der Waals surface area contributed by atoms with Crippen molar-refractivity contribution < 1.29 is 13.2 Å². The molecule has 0 radical (unpaired) electrons. The van der Waals surface area contributed by atoms with Gasteiger partial charge in [0.2, 0.25) is 0 Å². The predicted molar refractivity (Wildman–Crippen MR) is 72.7 cm³/mol. The van der Waals surface area contributed by atoms with Gasteiger partial charge < -0.3 is 15.4 Å². The number of hydrogen-bond acceptors (Lipinski definition) is 4. The molecule has 1 aliphatic heterocycles. The highest BCUT2D eigenvalue weighted by molar-refractivity contribution is 7.90. The van der Waals surface area contributed by atoms with Crippen LogP contribution in [0.1, 0.15) is 19.8 Å². The molecule has 18 heavy (non-hydrogen) atoms. The molecular formula is C11H23N3O3S. The van der Waals surface area contributed by atoms with Gasteiger partial charge in [0.25, 0.3) is 0 Å². The average molecular weight is 277 g/mol. The number of rotatable bonds is 6. The second-order valence-corrected chi connectivity index (χ2v) is 6.67. The molecule has 2 N–H and O–H groups in total. The van der Waals surface area contributed by atoms with Gasteiger partial charge in [0.15, 0.2) is 5.96 Å². The van der Waals surface area contributed by atoms with Gasteiger partial charge in [-0.3, -0.25) is 4.99 Å². The molecule has 0 bridgehead atoms. The first-order chi connectivity index (χ1) is 8.51. The molecule has 1 heterocycles. The van der Waals surface area contributed by atoms with Crippen molar-refractivity contribution in [3.63, 3.8) is 0 Å². The number of nitrogens with one attached hydrogen (secondary N) is 2. The zero-order valence-corrected chi connectivity index (χ0v) is 11.9. The van der Waals surface area contributed by atoms with E-state index in [-0.39, 0.29) is 11.9 Å². The van der Waals surface area contributed by atoms with Crippen LogP contribution in [0.5, 0.6) is 0 Å². The van der Waals surface area contributed by atoms with Crippen molar-refractivity contribution in [1.29, 1.82) is 0 Å². The van der Waals surface area contributed by atoms with Crippen LogP contribution in [-0.4, -0.2) is 58.7 Å². The van der Waals surface area contributed by atoms with Crippen molar-refractivity contribution in [2.24, 2.45) is 4.99 Å². The molecule has 0 amide bonds. The molecule has 6 nitrogen and oxygen atoms in total. The van der Waals surface area contributed by atoms with Gasteiger partial charge in [-0.05, 0) is 19.8 Å². The zero-order chi connectivity index (χ0) is 13.4. The molecule has 0 aromatic carbocycles. The van der Waals surface area contributed by atoms with Gasteiger partial charge in [-0.2, -0.15) is 0 Å². The smallest absolute Gasteiger partial charge is 0.191 e. The van der Waals surface area contributed by atoms with E-state index in [1.54, 1.807) is 0 Å². The van der Waals surface area contributed by atoms with E-state index in [1.807, 2.05) is 6.92 Å². The number of guanidine groups is 1. The normalized spacial score (nSPS) is 21.0. The molecule has 1 rings (SSSR count). The van der Waals surface area contributed by atoms with E-state index < -0.39 is 9.84 Å². The molecular weight excluding hydrogens is 254 g/mol. The van der Waals surface area contributed by atoms with Crippen molar-refractivity contribution in [2.75, 3.05) is 38.2 Å². The molecule has 1 saturated heterocycles. The average Bonchev–Trinajstić information content (AvgIpc) is 2.77. The van der Waals surface area contributed by atoms with E-state index in [2.05, 4.69) is 15.6 Å². The van der Waals surface area contributed by atoms with E-state index in [1.165, 1.54) is 6.26 Å². The summed E-state index contributed by atoms with van der Waals surface area (Å²) in [6, 6.07) is 0. The van der Waals surface area contributed by atoms with Gasteiger partial charge in [-0.1, -0.05) is 0 Å². The van der Waals surface area contributed by atoms with Crippen LogP contribution in [0.4, 0.5) is 0 Å². The molecule has 7 heteroatoms. The monoisotopic (exact) mass is 277 g/mol. The quantitative estimate of drug-likeness (QED) is 0.518. The Hall–Kier alpha value is -0.820. The molecule has 0 saturated carbocycles. The lowest BCUT2D eigenvalue weighted by Gasteiger charge is -2.12. The maximum absolute atomic E-state index is 11.0. The maximum atomic E-state index is 11.0. The minimum absolute atomic E-state index is 0.108. The van der Waals surface area contributed by atoms with Crippen LogP contribution in [0.2, 0.25) is 0 Å². The zero-order valence-electron chi connectivity index (χ0n) is 11.1. The standard InChI is InChI=1S/C11H23N3O3S/c1-3-12-11(13-6-8-18(2,15)16)14-9-10-5-4-7-17-10/h10H,3-9H2,1-2H3,(H2,12,13,14). The van der Waals surface area contributed by atoms with E-state index in [0.717, 1.165) is 26.0 Å². The van der Waals surface area contributed by atoms with Crippen molar-refractivity contribution >= 4 is 15.8 Å². The van der Waals surface area contributed by atoms with Crippen LogP contribution in [0.3, 0.4) is 0 Å². The first-order valence-electron chi connectivity index (χ1n) is 6.33. The molecule has 1 unspecified atom stereocenters. The lowest BCUT2D eigenvalue weighted by Crippen LogP contribution is -2.40. The highest BCUT2D eigenvalue weighted by atomic mass is 32.2. The third-order valence-electron chi connectivity index (χ3n) is 2.59. The van der Waals surface area contributed by atoms with E-state index in [4.69, 9.17) is 4.74 Å². The summed E-state index contributed by atoms with van der Waals surface area (Å²) >= 11 is 0. The van der Waals surface area contributed by atoms with Gasteiger partial charge >= 0.3 is 0 Å². The van der Waals surface area contributed by atoms with E-state index in [0.29, 0.717) is 19.0 Å². The SMILES string of the molecule is CCNC(=NCC1CCCO1)NCCS(C)(=O)=O. The largest absolute Gasteiger partial charge is 0.376 e. The van der Waals surface area contributed by atoms with Gasteiger partial charge in [0.1, 0.15) is 9.84 Å². The highest BCUT2D eigenvalue weighted by Crippen LogP contribution is 2.11. The fourth-order valence-corrected chi connectivity index (χ4v) is 2.15. The van der Waals surface area contributed by atoms with Crippen LogP contribution in [-0.2, 0) is 14.6 Å². The number of aliphatic imine (C=N–C) groups is 1. The van der Waals surface area contributed by atoms with Gasteiger partial charge in [0, 0.05) is 26.0 Å². The Morgan fingerprint density at radius 3 is 2.78 bits per heavy atom. The number of nitrogens with zero attached hydrogens (tertiary/aromatic N) is 1. The lowest BCUT2D eigenvalue weighted by molar-refractivity contribution is 0.117. The molecule has 106 valence electrons. The summed E-state index contributed by atoms with van der Waals surface area (Å²) in [4.78, 5) is 4.39. The fourth-order valence-electron chi connectivity index (χ4n) is 1.68. The minimum atomic E-state index is -2.94. The number of sulfone groups is 1. The molecule has 1 atom stereocenters. The van der Waals surface area contributed by atoms with Gasteiger partial charge in [0.05, 0.1) is 18.4 Å². The third-order valence-corrected chi connectivity index (χ3v) is 3.53. The summed E-state index contributed by atoms with van der Waals surface area (Å²) in [5.74, 6) is 0.758. The first kappa shape index (κ1) is 15.2. The van der Waals surface area contributed by atoms with Crippen LogP contribution in [0.15, 0.2) is 4.99 Å². The highest BCUT2D eigenvalue weighted by Gasteiger charge is 2.14. The van der Waals surface area contributed by atoms with Crippen LogP contribution in [0.25, 0.3) is 0 Å². The molecule has 0 aliphatic carbocycles. The second kappa shape index (κ2) is 7.58. The summed E-state index contributed by atoms with van der Waals surface area (Å²) in [5, 5.41) is 6.09. The minimum Gasteiger partial charge on any atom is -0.376 e. The summed E-state index contributed by atoms with van der Waals surface area (Å²) in [6.45, 7) is 4.53. The van der Waals surface area contributed by atoms with Crippen LogP contribution >= 0.6 is 0 Å². The van der Waals surface area contributed by atoms with Crippen molar-refractivity contribution in [3.8, 4) is 0 Å². The number of ether oxygens (including phenoxy) is 1. The first-order valence-corrected chi connectivity index (χ1v) is 8.39. The topological polar surface area (TPSA) is 79.8 Å². The van der Waals surface area contributed by atoms with E-state index >= 15 is 0 Å². The molecule has 1 fully saturated rings. The summed E-state index contributed by atoms with van der Waals surface area (Å²) in [7, 11) is -2.94. The fraction of sp³-hybridized carbons (Fsp3) is 0.909. The molecule has 0 spiro atoms.